The third kappa shape index (κ3) is 4.43. The molecule has 1 aliphatic rings. The van der Waals surface area contributed by atoms with Crippen molar-refractivity contribution in [1.29, 1.82) is 5.26 Å². The Morgan fingerprint density at radius 2 is 2.04 bits per heavy atom. The number of methoxy groups -OCH3 is 1. The van der Waals surface area contributed by atoms with Gasteiger partial charge in [0.15, 0.2) is 0 Å². The van der Waals surface area contributed by atoms with Crippen molar-refractivity contribution in [3.05, 3.63) is 69.2 Å². The molecule has 0 bridgehead atoms. The fourth-order valence-electron chi connectivity index (χ4n) is 2.53. The van der Waals surface area contributed by atoms with Gasteiger partial charge >= 0.3 is 0 Å². The third-order valence-corrected chi connectivity index (χ3v) is 4.30. The van der Waals surface area contributed by atoms with Gasteiger partial charge in [-0.05, 0) is 54.1 Å². The van der Waals surface area contributed by atoms with E-state index >= 15 is 0 Å². The number of rotatable bonds is 4. The van der Waals surface area contributed by atoms with Crippen LogP contribution >= 0.6 is 23.2 Å². The van der Waals surface area contributed by atoms with Crippen molar-refractivity contribution in [3.63, 3.8) is 0 Å². The van der Waals surface area contributed by atoms with E-state index in [0.29, 0.717) is 38.4 Å². The summed E-state index contributed by atoms with van der Waals surface area (Å²) in [5.41, 5.74) is 1.86. The molecule has 1 N–H and O–H groups in total. The van der Waals surface area contributed by atoms with E-state index in [1.165, 1.54) is 6.08 Å². The van der Waals surface area contributed by atoms with Crippen LogP contribution in [0.5, 0.6) is 11.5 Å². The van der Waals surface area contributed by atoms with Gasteiger partial charge in [-0.2, -0.15) is 5.26 Å². The molecular formula is C20H14Cl2N2O3. The van der Waals surface area contributed by atoms with Gasteiger partial charge in [-0.25, -0.2) is 0 Å². The minimum Gasteiger partial charge on any atom is -0.497 e. The molecule has 0 aliphatic carbocycles. The van der Waals surface area contributed by atoms with Crippen LogP contribution in [0, 0.1) is 11.3 Å². The zero-order valence-electron chi connectivity index (χ0n) is 14.3. The first-order valence-electron chi connectivity index (χ1n) is 7.90. The van der Waals surface area contributed by atoms with Crippen LogP contribution in [0.25, 0.3) is 6.08 Å². The van der Waals surface area contributed by atoms with Gasteiger partial charge < -0.3 is 14.8 Å². The lowest BCUT2D eigenvalue weighted by atomic mass is 10.0. The summed E-state index contributed by atoms with van der Waals surface area (Å²) in [7, 11) is 1.56. The molecule has 2 aromatic rings. The van der Waals surface area contributed by atoms with Crippen LogP contribution in [0.4, 0.5) is 5.69 Å². The molecule has 0 radical (unpaired) electrons. The summed E-state index contributed by atoms with van der Waals surface area (Å²) in [6.07, 6.45) is 3.27. The number of halogens is 2. The van der Waals surface area contributed by atoms with E-state index in [9.17, 15) is 10.1 Å². The first-order chi connectivity index (χ1) is 13.0. The monoisotopic (exact) mass is 400 g/mol. The third-order valence-electron chi connectivity index (χ3n) is 3.80. The highest BCUT2D eigenvalue weighted by Gasteiger charge is 2.17. The number of nitrogens with one attached hydrogen (secondary N) is 1. The van der Waals surface area contributed by atoms with Crippen LogP contribution in [-0.4, -0.2) is 19.6 Å². The Morgan fingerprint density at radius 3 is 2.70 bits per heavy atom. The molecule has 1 heterocycles. The largest absolute Gasteiger partial charge is 0.497 e. The fourth-order valence-corrected chi connectivity index (χ4v) is 3.09. The van der Waals surface area contributed by atoms with Crippen molar-refractivity contribution < 1.29 is 14.3 Å². The first-order valence-corrected chi connectivity index (χ1v) is 8.65. The second-order valence-corrected chi connectivity index (χ2v) is 6.51. The number of nitriles is 1. The van der Waals surface area contributed by atoms with Gasteiger partial charge in [-0.15, -0.1) is 0 Å². The molecule has 0 spiro atoms. The zero-order valence-corrected chi connectivity index (χ0v) is 15.8. The van der Waals surface area contributed by atoms with Gasteiger partial charge in [-0.3, -0.25) is 4.79 Å². The minimum absolute atomic E-state index is 0.0442. The molecule has 0 atom stereocenters. The van der Waals surface area contributed by atoms with E-state index in [0.717, 1.165) is 0 Å². The molecule has 27 heavy (non-hydrogen) atoms. The number of ether oxygens (including phenoxy) is 2. The summed E-state index contributed by atoms with van der Waals surface area (Å²) in [6, 6.07) is 12.0. The smallest absolute Gasteiger partial charge is 0.266 e. The average Bonchev–Trinajstić information content (AvgIpc) is 2.66. The Labute approximate surface area is 166 Å². The number of hydrogen-bond donors (Lipinski definition) is 1. The quantitative estimate of drug-likeness (QED) is 0.586. The lowest BCUT2D eigenvalue weighted by Crippen LogP contribution is -2.15. The van der Waals surface area contributed by atoms with Gasteiger partial charge in [-0.1, -0.05) is 23.2 Å². The Bertz CT molecular complexity index is 990. The summed E-state index contributed by atoms with van der Waals surface area (Å²) in [4.78, 5) is 12.4. The molecular weight excluding hydrogens is 387 g/mol. The maximum atomic E-state index is 12.4. The number of amides is 1. The van der Waals surface area contributed by atoms with E-state index < -0.39 is 5.91 Å². The van der Waals surface area contributed by atoms with E-state index in [1.54, 1.807) is 49.6 Å². The number of benzene rings is 2. The summed E-state index contributed by atoms with van der Waals surface area (Å²) in [5.74, 6) is 0.683. The van der Waals surface area contributed by atoms with Crippen molar-refractivity contribution in [3.8, 4) is 17.6 Å². The normalized spacial score (nSPS) is 13.0. The lowest BCUT2D eigenvalue weighted by Gasteiger charge is -2.18. The molecule has 136 valence electrons. The molecule has 0 fully saturated rings. The highest BCUT2D eigenvalue weighted by atomic mass is 35.5. The number of hydrogen-bond acceptors (Lipinski definition) is 4. The number of fused-ring (bicyclic) bond motifs is 1. The Kier molecular flexibility index (Phi) is 5.70. The van der Waals surface area contributed by atoms with E-state index in [4.69, 9.17) is 32.7 Å². The average molecular weight is 401 g/mol. The van der Waals surface area contributed by atoms with Gasteiger partial charge in [0.25, 0.3) is 5.91 Å². The molecule has 7 heteroatoms. The Hall–Kier alpha value is -2.94. The molecule has 1 aliphatic heterocycles. The summed E-state index contributed by atoms with van der Waals surface area (Å²) in [6.45, 7) is 0.190. The highest BCUT2D eigenvalue weighted by Crippen LogP contribution is 2.36. The van der Waals surface area contributed by atoms with Crippen LogP contribution in [0.3, 0.4) is 0 Å². The zero-order chi connectivity index (χ0) is 19.4. The number of carbonyl (C=O) groups is 1. The number of nitrogens with zero attached hydrogens (tertiary/aromatic N) is 1. The molecule has 3 rings (SSSR count). The Balaban J connectivity index is 1.82. The first kappa shape index (κ1) is 18.8. The van der Waals surface area contributed by atoms with Crippen LogP contribution < -0.4 is 14.8 Å². The van der Waals surface area contributed by atoms with Crippen molar-refractivity contribution in [1.82, 2.24) is 0 Å². The Morgan fingerprint density at radius 1 is 1.30 bits per heavy atom. The van der Waals surface area contributed by atoms with Gasteiger partial charge in [0.1, 0.15) is 29.7 Å². The lowest BCUT2D eigenvalue weighted by molar-refractivity contribution is -0.112. The van der Waals surface area contributed by atoms with Gasteiger partial charge in [0.2, 0.25) is 0 Å². The summed E-state index contributed by atoms with van der Waals surface area (Å²) < 4.78 is 10.7. The molecule has 2 aromatic carbocycles. The van der Waals surface area contributed by atoms with Crippen LogP contribution in [0.15, 0.2) is 53.6 Å². The van der Waals surface area contributed by atoms with Gasteiger partial charge in [0.05, 0.1) is 12.1 Å². The SMILES string of the molecule is COc1ccc(NC(=O)C(C#N)=CC2=Cc3cc(Cl)cc(Cl)c3OC2)cc1. The summed E-state index contributed by atoms with van der Waals surface area (Å²) in [5, 5.41) is 12.9. The van der Waals surface area contributed by atoms with E-state index in [1.807, 2.05) is 6.07 Å². The molecule has 0 saturated carbocycles. The molecule has 0 aromatic heterocycles. The van der Waals surface area contributed by atoms with Crippen molar-refractivity contribution in [2.75, 3.05) is 19.0 Å². The summed E-state index contributed by atoms with van der Waals surface area (Å²) >= 11 is 12.1. The van der Waals surface area contributed by atoms with Gasteiger partial charge in [0, 0.05) is 16.3 Å². The molecule has 0 unspecified atom stereocenters. The fraction of sp³-hybridized carbons (Fsp3) is 0.100. The van der Waals surface area contributed by atoms with Crippen LogP contribution in [0.1, 0.15) is 5.56 Å². The standard InChI is InChI=1S/C20H14Cl2N2O3/c1-26-17-4-2-16(3-5-17)24-20(25)14(10-23)7-12-6-13-8-15(21)9-18(22)19(13)27-11-12/h2-9H,11H2,1H3,(H,24,25). The predicted molar refractivity (Wildman–Crippen MR) is 105 cm³/mol. The predicted octanol–water partition coefficient (Wildman–Crippen LogP) is 4.87. The minimum atomic E-state index is -0.515. The maximum Gasteiger partial charge on any atom is 0.266 e. The van der Waals surface area contributed by atoms with Crippen LogP contribution in [-0.2, 0) is 4.79 Å². The van der Waals surface area contributed by atoms with Crippen LogP contribution in [0.2, 0.25) is 10.0 Å². The second kappa shape index (κ2) is 8.17. The van der Waals surface area contributed by atoms with Crippen molar-refractivity contribution >= 4 is 40.9 Å². The molecule has 5 nitrogen and oxygen atoms in total. The van der Waals surface area contributed by atoms with E-state index in [-0.39, 0.29) is 12.2 Å². The van der Waals surface area contributed by atoms with Crippen molar-refractivity contribution in [2.45, 2.75) is 0 Å². The number of anilines is 1. The molecule has 1 amide bonds. The highest BCUT2D eigenvalue weighted by molar-refractivity contribution is 6.36. The second-order valence-electron chi connectivity index (χ2n) is 5.67. The number of carbonyl (C=O) groups excluding carboxylic acids is 1. The molecule has 0 saturated heterocycles. The topological polar surface area (TPSA) is 71.3 Å². The van der Waals surface area contributed by atoms with Crippen molar-refractivity contribution in [2.24, 2.45) is 0 Å². The maximum absolute atomic E-state index is 12.4. The van der Waals surface area contributed by atoms with E-state index in [2.05, 4.69) is 5.32 Å².